The van der Waals surface area contributed by atoms with Gasteiger partial charge in [0.15, 0.2) is 0 Å². The molecule has 3 N–H and O–H groups in total. The van der Waals surface area contributed by atoms with Crippen molar-refractivity contribution in [1.29, 1.82) is 0 Å². The van der Waals surface area contributed by atoms with E-state index in [1.165, 1.54) is 63.1 Å². The zero-order chi connectivity index (χ0) is 20.3. The third-order valence-electron chi connectivity index (χ3n) is 5.70. The lowest BCUT2D eigenvalue weighted by Gasteiger charge is -2.21. The fourth-order valence-electron chi connectivity index (χ4n) is 3.95. The fraction of sp³-hybridized carbons (Fsp3) is 0.500. The molecule has 0 atom stereocenters. The number of hydrogen-bond acceptors (Lipinski definition) is 4. The lowest BCUT2D eigenvalue weighted by atomic mass is 9.86. The predicted molar refractivity (Wildman–Crippen MR) is 116 cm³/mol. The van der Waals surface area contributed by atoms with Gasteiger partial charge in [0.2, 0.25) is 11.8 Å². The number of aromatic nitrogens is 1. The monoisotopic (exact) mass is 395 g/mol. The molecule has 1 saturated carbocycles. The maximum absolute atomic E-state index is 11.1. The molecule has 0 saturated heterocycles. The number of unbranched alkanes of at least 4 members (excludes halogenated alkanes) is 1. The Balaban J connectivity index is 1.29. The van der Waals surface area contributed by atoms with Crippen molar-refractivity contribution >= 4 is 5.91 Å². The highest BCUT2D eigenvalue weighted by Crippen LogP contribution is 2.27. The number of primary amides is 1. The lowest BCUT2D eigenvalue weighted by molar-refractivity contribution is 0.1000. The average Bonchev–Trinajstić information content (AvgIpc) is 2.75. The molecule has 156 valence electrons. The first kappa shape index (κ1) is 21.3. The zero-order valence-electron chi connectivity index (χ0n) is 17.2. The van der Waals surface area contributed by atoms with Crippen LogP contribution >= 0.6 is 0 Å². The largest absolute Gasteiger partial charge is 0.439 e. The van der Waals surface area contributed by atoms with Crippen LogP contribution in [0.25, 0.3) is 0 Å². The quantitative estimate of drug-likeness (QED) is 0.533. The predicted octanol–water partition coefficient (Wildman–Crippen LogP) is 4.86. The summed E-state index contributed by atoms with van der Waals surface area (Å²) in [6, 6.07) is 11.3. The SMILES string of the molecule is NC(=O)c1ccc(Oc2ccc(CCNCCCCC3CCCCC3)cc2)nc1. The van der Waals surface area contributed by atoms with E-state index in [0.717, 1.165) is 31.2 Å². The zero-order valence-corrected chi connectivity index (χ0v) is 17.2. The van der Waals surface area contributed by atoms with Crippen molar-refractivity contribution in [2.24, 2.45) is 11.7 Å². The highest BCUT2D eigenvalue weighted by atomic mass is 16.5. The Morgan fingerprint density at radius 3 is 2.52 bits per heavy atom. The van der Waals surface area contributed by atoms with Crippen LogP contribution in [-0.2, 0) is 6.42 Å². The van der Waals surface area contributed by atoms with Crippen LogP contribution < -0.4 is 15.8 Å². The molecule has 0 radical (unpaired) electrons. The Morgan fingerprint density at radius 2 is 1.83 bits per heavy atom. The Morgan fingerprint density at radius 1 is 1.03 bits per heavy atom. The van der Waals surface area contributed by atoms with Crippen molar-refractivity contribution < 1.29 is 9.53 Å². The topological polar surface area (TPSA) is 77.2 Å². The molecule has 5 heteroatoms. The van der Waals surface area contributed by atoms with E-state index < -0.39 is 5.91 Å². The van der Waals surface area contributed by atoms with Crippen LogP contribution in [0.4, 0.5) is 0 Å². The van der Waals surface area contributed by atoms with Crippen LogP contribution in [0.3, 0.4) is 0 Å². The van der Waals surface area contributed by atoms with Crippen LogP contribution in [0.15, 0.2) is 42.6 Å². The summed E-state index contributed by atoms with van der Waals surface area (Å²) in [5, 5.41) is 3.56. The molecular formula is C24H33N3O2. The van der Waals surface area contributed by atoms with Gasteiger partial charge in [-0.15, -0.1) is 0 Å². The minimum atomic E-state index is -0.494. The van der Waals surface area contributed by atoms with Gasteiger partial charge in [-0.1, -0.05) is 57.1 Å². The molecule has 0 unspecified atom stereocenters. The van der Waals surface area contributed by atoms with Crippen molar-refractivity contribution in [2.45, 2.75) is 57.8 Å². The van der Waals surface area contributed by atoms with Crippen LogP contribution in [0, 0.1) is 5.92 Å². The van der Waals surface area contributed by atoms with Crippen molar-refractivity contribution in [3.05, 3.63) is 53.7 Å². The van der Waals surface area contributed by atoms with Gasteiger partial charge in [0.1, 0.15) is 5.75 Å². The van der Waals surface area contributed by atoms with Crippen LogP contribution in [-0.4, -0.2) is 24.0 Å². The molecule has 1 amide bonds. The molecule has 1 aliphatic carbocycles. The highest BCUT2D eigenvalue weighted by molar-refractivity contribution is 5.92. The van der Waals surface area contributed by atoms with Gasteiger partial charge in [-0.25, -0.2) is 4.98 Å². The summed E-state index contributed by atoms with van der Waals surface area (Å²) in [5.41, 5.74) is 6.86. The maximum Gasteiger partial charge on any atom is 0.250 e. The molecular weight excluding hydrogens is 362 g/mol. The first-order valence-corrected chi connectivity index (χ1v) is 10.9. The van der Waals surface area contributed by atoms with Gasteiger partial charge >= 0.3 is 0 Å². The van der Waals surface area contributed by atoms with Gasteiger partial charge in [-0.3, -0.25) is 4.79 Å². The lowest BCUT2D eigenvalue weighted by Crippen LogP contribution is -2.18. The number of hydrogen-bond donors (Lipinski definition) is 2. The van der Waals surface area contributed by atoms with Gasteiger partial charge in [0.25, 0.3) is 0 Å². The Hall–Kier alpha value is -2.40. The van der Waals surface area contributed by atoms with Gasteiger partial charge in [-0.2, -0.15) is 0 Å². The van der Waals surface area contributed by atoms with E-state index in [-0.39, 0.29) is 0 Å². The first-order valence-electron chi connectivity index (χ1n) is 10.9. The van der Waals surface area contributed by atoms with E-state index in [4.69, 9.17) is 10.5 Å². The molecule has 29 heavy (non-hydrogen) atoms. The number of carbonyl (C=O) groups is 1. The van der Waals surface area contributed by atoms with E-state index in [0.29, 0.717) is 11.4 Å². The first-order chi connectivity index (χ1) is 14.2. The van der Waals surface area contributed by atoms with E-state index >= 15 is 0 Å². The molecule has 3 rings (SSSR count). The number of benzene rings is 1. The van der Waals surface area contributed by atoms with Crippen molar-refractivity contribution in [3.63, 3.8) is 0 Å². The van der Waals surface area contributed by atoms with Crippen molar-refractivity contribution in [2.75, 3.05) is 13.1 Å². The molecule has 1 aromatic heterocycles. The number of nitrogens with zero attached hydrogens (tertiary/aromatic N) is 1. The van der Waals surface area contributed by atoms with E-state index in [2.05, 4.69) is 22.4 Å². The molecule has 0 spiro atoms. The summed E-state index contributed by atoms with van der Waals surface area (Å²) in [6.07, 6.45) is 13.8. The number of nitrogens with two attached hydrogens (primary N) is 1. The normalized spacial score (nSPS) is 14.6. The molecule has 1 heterocycles. The molecule has 2 aromatic rings. The average molecular weight is 396 g/mol. The number of ether oxygens (including phenoxy) is 1. The molecule has 1 fully saturated rings. The minimum absolute atomic E-state index is 0.370. The van der Waals surface area contributed by atoms with E-state index in [1.54, 1.807) is 12.1 Å². The van der Waals surface area contributed by atoms with Crippen molar-refractivity contribution in [1.82, 2.24) is 10.3 Å². The van der Waals surface area contributed by atoms with Crippen molar-refractivity contribution in [3.8, 4) is 11.6 Å². The molecule has 0 aliphatic heterocycles. The second-order valence-corrected chi connectivity index (χ2v) is 8.00. The number of nitrogens with one attached hydrogen (secondary N) is 1. The summed E-state index contributed by atoms with van der Waals surface area (Å²) in [4.78, 5) is 15.2. The summed E-state index contributed by atoms with van der Waals surface area (Å²) in [7, 11) is 0. The van der Waals surface area contributed by atoms with Gasteiger partial charge in [0.05, 0.1) is 5.56 Å². The molecule has 0 bridgehead atoms. The summed E-state index contributed by atoms with van der Waals surface area (Å²) in [6.45, 7) is 2.11. The van der Waals surface area contributed by atoms with E-state index in [9.17, 15) is 4.79 Å². The minimum Gasteiger partial charge on any atom is -0.439 e. The maximum atomic E-state index is 11.1. The number of carbonyl (C=O) groups excluding carboxylic acids is 1. The number of rotatable bonds is 11. The third kappa shape index (κ3) is 7.50. The summed E-state index contributed by atoms with van der Waals surface area (Å²) < 4.78 is 5.71. The Labute approximate surface area is 174 Å². The smallest absolute Gasteiger partial charge is 0.250 e. The third-order valence-corrected chi connectivity index (χ3v) is 5.70. The Bertz CT molecular complexity index is 738. The molecule has 5 nitrogen and oxygen atoms in total. The molecule has 1 aliphatic rings. The standard InChI is InChI=1S/C24H33N3O2/c25-24(28)21-11-14-23(27-18-21)29-22-12-9-20(10-13-22)15-17-26-16-5-4-8-19-6-2-1-3-7-19/h9-14,18-19,26H,1-8,15-17H2,(H2,25,28). The number of pyridine rings is 1. The number of amides is 1. The molecule has 1 aromatic carbocycles. The van der Waals surface area contributed by atoms with Crippen LogP contribution in [0.1, 0.15) is 67.3 Å². The van der Waals surface area contributed by atoms with Gasteiger partial charge < -0.3 is 15.8 Å². The fourth-order valence-corrected chi connectivity index (χ4v) is 3.95. The van der Waals surface area contributed by atoms with Gasteiger partial charge in [0, 0.05) is 12.3 Å². The van der Waals surface area contributed by atoms with Gasteiger partial charge in [-0.05, 0) is 55.6 Å². The Kier molecular flexibility index (Phi) is 8.50. The van der Waals surface area contributed by atoms with Crippen LogP contribution in [0.2, 0.25) is 0 Å². The van der Waals surface area contributed by atoms with E-state index in [1.807, 2.05) is 12.1 Å². The van der Waals surface area contributed by atoms with Crippen LogP contribution in [0.5, 0.6) is 11.6 Å². The second-order valence-electron chi connectivity index (χ2n) is 8.00. The summed E-state index contributed by atoms with van der Waals surface area (Å²) >= 11 is 0. The highest BCUT2D eigenvalue weighted by Gasteiger charge is 2.12. The summed E-state index contributed by atoms with van der Waals surface area (Å²) in [5.74, 6) is 1.67. The second kappa shape index (κ2) is 11.6.